The summed E-state index contributed by atoms with van der Waals surface area (Å²) in [6, 6.07) is -4.05. The normalized spacial score (nSPS) is 14.0. The molecule has 0 aliphatic heterocycles. The van der Waals surface area contributed by atoms with Crippen molar-refractivity contribution in [2.24, 2.45) is 0 Å². The van der Waals surface area contributed by atoms with Crippen molar-refractivity contribution in [1.29, 1.82) is 0 Å². The average molecular weight is 676 g/mol. The summed E-state index contributed by atoms with van der Waals surface area (Å²) in [6.45, 7) is 7.64. The maximum absolute atomic E-state index is 13.7. The second-order valence-corrected chi connectivity index (χ2v) is 9.47. The van der Waals surface area contributed by atoms with Gasteiger partial charge >= 0.3 is 43.3 Å². The standard InChI is InChI=1S/C25H9BF18N/c1-45-26(17-5-11(20(27,28)29)2-12(6-17)21(30,31)32,18-7-13(22(33,34)35)3-14(8-18)23(36,37)38)19-9-15(24(39,40)41)4-16(10-19)25(42,43)44/h2-10H/q-1. The van der Waals surface area contributed by atoms with E-state index in [1.165, 1.54) is 0 Å². The van der Waals surface area contributed by atoms with Crippen molar-refractivity contribution in [3.8, 4) is 0 Å². The molecule has 0 aliphatic carbocycles. The molecule has 0 unspecified atom stereocenters. The molecular weight excluding hydrogens is 667 g/mol. The van der Waals surface area contributed by atoms with Crippen LogP contribution in [0.4, 0.5) is 79.0 Å². The third-order valence-electron chi connectivity index (χ3n) is 6.47. The monoisotopic (exact) mass is 676 g/mol. The van der Waals surface area contributed by atoms with Crippen molar-refractivity contribution in [2.75, 3.05) is 0 Å². The molecule has 3 aromatic carbocycles. The van der Waals surface area contributed by atoms with E-state index in [0.717, 1.165) is 0 Å². The van der Waals surface area contributed by atoms with Crippen LogP contribution in [0.5, 0.6) is 0 Å². The highest BCUT2D eigenvalue weighted by Crippen LogP contribution is 2.39. The van der Waals surface area contributed by atoms with E-state index in [2.05, 4.69) is 4.76 Å². The zero-order valence-corrected chi connectivity index (χ0v) is 21.0. The predicted octanol–water partition coefficient (Wildman–Crippen LogP) is 8.69. The van der Waals surface area contributed by atoms with E-state index in [4.69, 9.17) is 6.57 Å². The molecule has 0 saturated carbocycles. The van der Waals surface area contributed by atoms with Gasteiger partial charge in [0.25, 0.3) is 0 Å². The highest BCUT2D eigenvalue weighted by molar-refractivity contribution is 7.13. The van der Waals surface area contributed by atoms with Gasteiger partial charge in [0.15, 0.2) is 0 Å². The molecule has 45 heavy (non-hydrogen) atoms. The van der Waals surface area contributed by atoms with Gasteiger partial charge in [-0.1, -0.05) is 36.4 Å². The van der Waals surface area contributed by atoms with Gasteiger partial charge in [0.1, 0.15) is 0 Å². The van der Waals surface area contributed by atoms with E-state index < -0.39 is 111 Å². The van der Waals surface area contributed by atoms with Crippen LogP contribution < -0.4 is 16.4 Å². The van der Waals surface area contributed by atoms with E-state index >= 15 is 0 Å². The minimum atomic E-state index is -5.78. The maximum atomic E-state index is 13.7. The Morgan fingerprint density at radius 1 is 0.333 bits per heavy atom. The quantitative estimate of drug-likeness (QED) is 0.149. The van der Waals surface area contributed by atoms with Gasteiger partial charge in [-0.05, 0) is 18.2 Å². The van der Waals surface area contributed by atoms with Crippen LogP contribution in [-0.2, 0) is 37.1 Å². The summed E-state index contributed by atoms with van der Waals surface area (Å²) in [4.78, 5) is 0. The van der Waals surface area contributed by atoms with Crippen LogP contribution in [0.2, 0.25) is 0 Å². The van der Waals surface area contributed by atoms with E-state index in [-0.39, 0.29) is 36.4 Å². The molecule has 0 aromatic heterocycles. The van der Waals surface area contributed by atoms with Crippen molar-refractivity contribution in [3.05, 3.63) is 99.3 Å². The third-order valence-corrected chi connectivity index (χ3v) is 6.47. The Labute approximate surface area is 238 Å². The lowest BCUT2D eigenvalue weighted by Crippen LogP contribution is -2.66. The molecule has 0 N–H and O–H groups in total. The molecule has 0 spiro atoms. The number of benzene rings is 3. The van der Waals surface area contributed by atoms with Crippen molar-refractivity contribution in [2.45, 2.75) is 37.1 Å². The third kappa shape index (κ3) is 7.27. The minimum Gasteiger partial charge on any atom is -0.559 e. The Hall–Kier alpha value is -4.05. The van der Waals surface area contributed by atoms with Crippen LogP contribution in [-0.4, -0.2) is 6.28 Å². The molecule has 0 heterocycles. The highest BCUT2D eigenvalue weighted by atomic mass is 19.4. The Bertz CT molecular complexity index is 1350. The Morgan fingerprint density at radius 3 is 0.600 bits per heavy atom. The van der Waals surface area contributed by atoms with Crippen LogP contribution in [0, 0.1) is 6.57 Å². The van der Waals surface area contributed by atoms with E-state index in [1.54, 1.807) is 0 Å². The van der Waals surface area contributed by atoms with Crippen LogP contribution in [0.25, 0.3) is 4.76 Å². The second kappa shape index (κ2) is 10.8. The van der Waals surface area contributed by atoms with Gasteiger partial charge in [0, 0.05) is 0 Å². The van der Waals surface area contributed by atoms with Gasteiger partial charge in [-0.25, -0.2) is 0 Å². The molecular formula is C25H9BF18N-. The maximum Gasteiger partial charge on any atom is 0.426 e. The lowest BCUT2D eigenvalue weighted by Gasteiger charge is -2.33. The van der Waals surface area contributed by atoms with E-state index in [0.29, 0.717) is 0 Å². The molecule has 0 amide bonds. The molecule has 0 aliphatic rings. The van der Waals surface area contributed by atoms with Gasteiger partial charge in [0.05, 0.1) is 33.4 Å². The lowest BCUT2D eigenvalue weighted by molar-refractivity contribution is -0.144. The molecule has 0 saturated heterocycles. The number of hydrogen-bond donors (Lipinski definition) is 0. The van der Waals surface area contributed by atoms with Crippen molar-refractivity contribution in [1.82, 2.24) is 0 Å². The molecule has 244 valence electrons. The topological polar surface area (TPSA) is 4.36 Å². The molecule has 0 radical (unpaired) electrons. The smallest absolute Gasteiger partial charge is 0.426 e. The molecule has 1 nitrogen and oxygen atoms in total. The minimum absolute atomic E-state index is 0.381. The van der Waals surface area contributed by atoms with Crippen molar-refractivity contribution >= 4 is 22.7 Å². The molecule has 0 atom stereocenters. The summed E-state index contributed by atoms with van der Waals surface area (Å²) in [5.74, 6) is 0. The molecule has 3 aromatic rings. The fourth-order valence-electron chi connectivity index (χ4n) is 4.46. The Morgan fingerprint density at radius 2 is 0.489 bits per heavy atom. The summed E-state index contributed by atoms with van der Waals surface area (Å²) in [6.07, 6.45) is -39.7. The largest absolute Gasteiger partial charge is 0.559 e. The molecule has 20 heteroatoms. The first kappa shape index (κ1) is 35.4. The summed E-state index contributed by atoms with van der Waals surface area (Å²) < 4.78 is 249. The number of rotatable bonds is 3. The van der Waals surface area contributed by atoms with Gasteiger partial charge in [-0.2, -0.15) is 79.0 Å². The Balaban J connectivity index is 2.75. The first-order chi connectivity index (χ1) is 20.0. The summed E-state index contributed by atoms with van der Waals surface area (Å²) in [5, 5.41) is 0. The van der Waals surface area contributed by atoms with Crippen molar-refractivity contribution < 1.29 is 79.0 Å². The van der Waals surface area contributed by atoms with Crippen molar-refractivity contribution in [3.63, 3.8) is 0 Å². The average Bonchev–Trinajstić information content (AvgIpc) is 2.86. The Kier molecular flexibility index (Phi) is 8.50. The van der Waals surface area contributed by atoms with E-state index in [1.807, 2.05) is 0 Å². The van der Waals surface area contributed by atoms with Crippen LogP contribution >= 0.6 is 0 Å². The first-order valence-corrected chi connectivity index (χ1v) is 11.4. The molecule has 0 fully saturated rings. The SMILES string of the molecule is [C-]#[N+][B-](c1cc(C(F)(F)F)cc(C(F)(F)F)c1)(c1cc(C(F)(F)F)cc(C(F)(F)F)c1)c1cc(C(F)(F)F)cc(C(F)(F)F)c1. The number of nitrogens with zero attached hydrogens (tertiary/aromatic N) is 1. The fraction of sp³-hybridized carbons (Fsp3) is 0.240. The predicted molar refractivity (Wildman–Crippen MR) is 121 cm³/mol. The highest BCUT2D eigenvalue weighted by Gasteiger charge is 2.49. The van der Waals surface area contributed by atoms with Gasteiger partial charge in [-0.15, -0.1) is 16.4 Å². The number of halogens is 18. The summed E-state index contributed by atoms with van der Waals surface area (Å²) in [5.41, 5.74) is -19.3. The van der Waals surface area contributed by atoms with Crippen LogP contribution in [0.3, 0.4) is 0 Å². The summed E-state index contributed by atoms with van der Waals surface area (Å²) >= 11 is 0. The second-order valence-electron chi connectivity index (χ2n) is 9.47. The zero-order valence-electron chi connectivity index (χ0n) is 21.0. The molecule has 0 bridgehead atoms. The first-order valence-electron chi connectivity index (χ1n) is 11.4. The van der Waals surface area contributed by atoms with Crippen LogP contribution in [0.15, 0.2) is 54.6 Å². The number of hydrogen-bond acceptors (Lipinski definition) is 0. The molecule has 3 rings (SSSR count). The lowest BCUT2D eigenvalue weighted by atomic mass is 9.24. The van der Waals surface area contributed by atoms with Crippen LogP contribution in [0.1, 0.15) is 33.4 Å². The van der Waals surface area contributed by atoms with Gasteiger partial charge in [0.2, 0.25) is 0 Å². The fourth-order valence-corrected chi connectivity index (χ4v) is 4.46. The summed E-state index contributed by atoms with van der Waals surface area (Å²) in [7, 11) is 0. The van der Waals surface area contributed by atoms with Gasteiger partial charge < -0.3 is 11.3 Å². The number of alkyl halides is 18. The zero-order chi connectivity index (χ0) is 34.8. The van der Waals surface area contributed by atoms with Gasteiger partial charge in [-0.3, -0.25) is 0 Å². The van der Waals surface area contributed by atoms with E-state index in [9.17, 15) is 79.0 Å².